The van der Waals surface area contributed by atoms with Crippen LogP contribution >= 0.6 is 11.6 Å². The first-order chi connectivity index (χ1) is 5.11. The second kappa shape index (κ2) is 2.75. The first-order valence-electron chi connectivity index (χ1n) is 2.73. The number of rotatable bonds is 1. The maximum Gasteiger partial charge on any atom is 0.132 e. The van der Waals surface area contributed by atoms with Crippen molar-refractivity contribution in [3.05, 3.63) is 22.8 Å². The molecule has 2 N–H and O–H groups in total. The Kier molecular flexibility index (Phi) is 1.96. The van der Waals surface area contributed by atoms with E-state index in [1.54, 1.807) is 0 Å². The lowest BCUT2D eigenvalue weighted by molar-refractivity contribution is -0.254. The van der Waals surface area contributed by atoms with Crippen molar-refractivity contribution in [2.24, 2.45) is 0 Å². The molecule has 0 amide bonds. The number of nitrogens with two attached hydrogens (primary N) is 1. The number of anilines is 1. The molecular formula is C6H4ClN2O2-. The van der Waals surface area contributed by atoms with Crippen molar-refractivity contribution in [3.8, 4) is 0 Å². The lowest BCUT2D eigenvalue weighted by Crippen LogP contribution is -2.23. The lowest BCUT2D eigenvalue weighted by atomic mass is 10.2. The van der Waals surface area contributed by atoms with Crippen molar-refractivity contribution in [3.63, 3.8) is 0 Å². The van der Waals surface area contributed by atoms with Crippen LogP contribution in [-0.2, 0) is 0 Å². The first-order valence-corrected chi connectivity index (χ1v) is 3.11. The Hall–Kier alpha value is -1.29. The van der Waals surface area contributed by atoms with Crippen molar-refractivity contribution in [1.29, 1.82) is 0 Å². The Bertz CT molecular complexity index is 301. The third-order valence-corrected chi connectivity index (χ3v) is 1.31. The molecule has 0 aliphatic rings. The van der Waals surface area contributed by atoms with Gasteiger partial charge in [-0.2, -0.15) is 0 Å². The fourth-order valence-corrected chi connectivity index (χ4v) is 0.771. The number of hydrogen-bond acceptors (Lipinski definition) is 4. The summed E-state index contributed by atoms with van der Waals surface area (Å²) in [6.45, 7) is 0. The van der Waals surface area contributed by atoms with E-state index < -0.39 is 5.97 Å². The van der Waals surface area contributed by atoms with Gasteiger partial charge in [-0.3, -0.25) is 0 Å². The van der Waals surface area contributed by atoms with Gasteiger partial charge in [0.25, 0.3) is 0 Å². The van der Waals surface area contributed by atoms with Gasteiger partial charge in [0.1, 0.15) is 5.82 Å². The smallest absolute Gasteiger partial charge is 0.132 e. The molecule has 0 saturated carbocycles. The third kappa shape index (κ3) is 1.59. The second-order valence-electron chi connectivity index (χ2n) is 1.87. The highest BCUT2D eigenvalue weighted by molar-refractivity contribution is 6.30. The maximum atomic E-state index is 10.3. The minimum Gasteiger partial charge on any atom is -0.545 e. The van der Waals surface area contributed by atoms with Gasteiger partial charge in [-0.05, 0) is 6.07 Å². The Morgan fingerprint density at radius 2 is 2.36 bits per heavy atom. The summed E-state index contributed by atoms with van der Waals surface area (Å²) in [7, 11) is 0. The SMILES string of the molecule is Nc1ncc(Cl)cc1C(=O)[O-]. The number of aromatic carboxylic acids is 1. The second-order valence-corrected chi connectivity index (χ2v) is 2.31. The molecule has 0 unspecified atom stereocenters. The van der Waals surface area contributed by atoms with E-state index in [9.17, 15) is 9.90 Å². The van der Waals surface area contributed by atoms with Gasteiger partial charge in [-0.25, -0.2) is 4.98 Å². The number of carbonyl (C=O) groups is 1. The van der Waals surface area contributed by atoms with Crippen molar-refractivity contribution in [2.45, 2.75) is 0 Å². The molecule has 11 heavy (non-hydrogen) atoms. The molecule has 0 fully saturated rings. The number of nitrogen functional groups attached to an aromatic ring is 1. The van der Waals surface area contributed by atoms with Crippen LogP contribution in [0.15, 0.2) is 12.3 Å². The minimum absolute atomic E-state index is 0.0885. The summed E-state index contributed by atoms with van der Waals surface area (Å²) in [6.07, 6.45) is 1.27. The number of halogens is 1. The number of carboxylic acids is 1. The van der Waals surface area contributed by atoms with Gasteiger partial charge in [-0.15, -0.1) is 0 Å². The molecule has 0 aliphatic heterocycles. The largest absolute Gasteiger partial charge is 0.545 e. The number of pyridine rings is 1. The van der Waals surface area contributed by atoms with Gasteiger partial charge in [0.2, 0.25) is 0 Å². The van der Waals surface area contributed by atoms with E-state index in [-0.39, 0.29) is 16.4 Å². The number of nitrogens with zero attached hydrogens (tertiary/aromatic N) is 1. The van der Waals surface area contributed by atoms with E-state index in [4.69, 9.17) is 17.3 Å². The molecule has 58 valence electrons. The van der Waals surface area contributed by atoms with Crippen LogP contribution in [0.5, 0.6) is 0 Å². The molecule has 1 heterocycles. The molecule has 0 aromatic carbocycles. The average Bonchev–Trinajstić information content (AvgIpc) is 1.94. The predicted molar refractivity (Wildman–Crippen MR) is 38.0 cm³/mol. The summed E-state index contributed by atoms with van der Waals surface area (Å²) in [4.78, 5) is 13.8. The number of carbonyl (C=O) groups excluding carboxylic acids is 1. The molecule has 0 radical (unpaired) electrons. The molecule has 0 spiro atoms. The monoisotopic (exact) mass is 171 g/mol. The maximum absolute atomic E-state index is 10.3. The van der Waals surface area contributed by atoms with Gasteiger partial charge in [-0.1, -0.05) is 11.6 Å². The lowest BCUT2D eigenvalue weighted by Gasteiger charge is -2.04. The Balaban J connectivity index is 3.23. The van der Waals surface area contributed by atoms with E-state index in [1.165, 1.54) is 12.3 Å². The Morgan fingerprint density at radius 3 is 2.82 bits per heavy atom. The van der Waals surface area contributed by atoms with Crippen molar-refractivity contribution in [2.75, 3.05) is 5.73 Å². The van der Waals surface area contributed by atoms with Crippen LogP contribution in [0, 0.1) is 0 Å². The summed E-state index contributed by atoms with van der Waals surface area (Å²) in [6, 6.07) is 1.19. The summed E-state index contributed by atoms with van der Waals surface area (Å²) in [5.74, 6) is -1.47. The summed E-state index contributed by atoms with van der Waals surface area (Å²) in [5, 5.41) is 10.5. The Morgan fingerprint density at radius 1 is 1.73 bits per heavy atom. The van der Waals surface area contributed by atoms with Crippen molar-refractivity contribution >= 4 is 23.4 Å². The van der Waals surface area contributed by atoms with Crippen LogP contribution in [-0.4, -0.2) is 11.0 Å². The van der Waals surface area contributed by atoms with Crippen LogP contribution in [0.3, 0.4) is 0 Å². The zero-order chi connectivity index (χ0) is 8.43. The van der Waals surface area contributed by atoms with Gasteiger partial charge in [0, 0.05) is 11.8 Å². The van der Waals surface area contributed by atoms with E-state index in [1.807, 2.05) is 0 Å². The number of hydrogen-bond donors (Lipinski definition) is 1. The molecule has 4 nitrogen and oxygen atoms in total. The average molecular weight is 172 g/mol. The molecule has 0 bridgehead atoms. The van der Waals surface area contributed by atoms with Crippen molar-refractivity contribution < 1.29 is 9.90 Å². The number of aromatic nitrogens is 1. The third-order valence-electron chi connectivity index (χ3n) is 1.11. The van der Waals surface area contributed by atoms with E-state index in [0.29, 0.717) is 0 Å². The number of carboxylic acid groups (broad SMARTS) is 1. The topological polar surface area (TPSA) is 79.0 Å². The fourth-order valence-electron chi connectivity index (χ4n) is 0.613. The van der Waals surface area contributed by atoms with E-state index in [0.717, 1.165) is 0 Å². The molecule has 0 aliphatic carbocycles. The first kappa shape index (κ1) is 7.81. The fraction of sp³-hybridized carbons (Fsp3) is 0. The highest BCUT2D eigenvalue weighted by Gasteiger charge is 2.01. The van der Waals surface area contributed by atoms with Crippen LogP contribution in [0.25, 0.3) is 0 Å². The molecule has 0 saturated heterocycles. The van der Waals surface area contributed by atoms with Crippen LogP contribution in [0.1, 0.15) is 10.4 Å². The zero-order valence-corrected chi connectivity index (χ0v) is 6.13. The van der Waals surface area contributed by atoms with Crippen LogP contribution < -0.4 is 10.8 Å². The van der Waals surface area contributed by atoms with E-state index >= 15 is 0 Å². The molecule has 1 aromatic heterocycles. The summed E-state index contributed by atoms with van der Waals surface area (Å²) >= 11 is 5.45. The molecule has 1 aromatic rings. The van der Waals surface area contributed by atoms with Crippen molar-refractivity contribution in [1.82, 2.24) is 4.98 Å². The van der Waals surface area contributed by atoms with E-state index in [2.05, 4.69) is 4.98 Å². The summed E-state index contributed by atoms with van der Waals surface area (Å²) in [5.41, 5.74) is 5.02. The van der Waals surface area contributed by atoms with Crippen LogP contribution in [0.2, 0.25) is 5.02 Å². The molecular weight excluding hydrogens is 168 g/mol. The van der Waals surface area contributed by atoms with Crippen LogP contribution in [0.4, 0.5) is 5.82 Å². The zero-order valence-electron chi connectivity index (χ0n) is 5.37. The van der Waals surface area contributed by atoms with Gasteiger partial charge < -0.3 is 15.6 Å². The molecule has 5 heteroatoms. The minimum atomic E-state index is -1.38. The quantitative estimate of drug-likeness (QED) is 0.628. The normalized spacial score (nSPS) is 9.55. The highest BCUT2D eigenvalue weighted by Crippen LogP contribution is 2.13. The molecule has 1 rings (SSSR count). The highest BCUT2D eigenvalue weighted by atomic mass is 35.5. The molecule has 0 atom stereocenters. The Labute approximate surface area is 67.6 Å². The van der Waals surface area contributed by atoms with Gasteiger partial charge in [0.05, 0.1) is 11.0 Å². The summed E-state index contributed by atoms with van der Waals surface area (Å²) < 4.78 is 0. The predicted octanol–water partition coefficient (Wildman–Crippen LogP) is -0.319. The van der Waals surface area contributed by atoms with Gasteiger partial charge >= 0.3 is 0 Å². The van der Waals surface area contributed by atoms with Gasteiger partial charge in [0.15, 0.2) is 0 Å². The standard InChI is InChI=1S/C6H5ClN2O2/c7-3-1-4(6(10)11)5(8)9-2-3/h1-2H,(H2,8,9)(H,10,11)/p-1.